The van der Waals surface area contributed by atoms with Gasteiger partial charge in [-0.2, -0.15) is 13.2 Å². The van der Waals surface area contributed by atoms with Crippen molar-refractivity contribution in [1.29, 1.82) is 0 Å². The number of fused-ring (bicyclic) bond motifs is 2. The van der Waals surface area contributed by atoms with Gasteiger partial charge in [-0.25, -0.2) is 0 Å². The Kier molecular flexibility index (Phi) is 2.53. The van der Waals surface area contributed by atoms with Crippen molar-refractivity contribution in [3.8, 4) is 0 Å². The van der Waals surface area contributed by atoms with Crippen LogP contribution in [0, 0.1) is 5.92 Å². The van der Waals surface area contributed by atoms with Crippen LogP contribution in [0.5, 0.6) is 0 Å². The number of nitrogens with zero attached hydrogens (tertiary/aromatic N) is 1. The van der Waals surface area contributed by atoms with Gasteiger partial charge in [0.2, 0.25) is 0 Å². The van der Waals surface area contributed by atoms with Crippen LogP contribution in [0.1, 0.15) is 26.2 Å². The molecule has 0 radical (unpaired) electrons. The molecule has 0 aromatic heterocycles. The van der Waals surface area contributed by atoms with Crippen molar-refractivity contribution in [2.45, 2.75) is 44.4 Å². The zero-order valence-electron chi connectivity index (χ0n) is 8.55. The summed E-state index contributed by atoms with van der Waals surface area (Å²) in [7, 11) is 0. The average Bonchev–Trinajstić information content (AvgIpc) is 2.37. The maximum absolute atomic E-state index is 12.3. The molecule has 3 atom stereocenters. The molecule has 0 N–H and O–H groups in total. The first-order valence-electron chi connectivity index (χ1n) is 5.23. The quantitative estimate of drug-likeness (QED) is 0.675. The van der Waals surface area contributed by atoms with E-state index in [1.54, 1.807) is 6.92 Å². The SMILES string of the molecule is CC1C(=O)CC2CCC1N2CC(F)(F)F. The van der Waals surface area contributed by atoms with Gasteiger partial charge in [-0.3, -0.25) is 9.69 Å². The van der Waals surface area contributed by atoms with Gasteiger partial charge in [-0.05, 0) is 12.8 Å². The van der Waals surface area contributed by atoms with Crippen molar-refractivity contribution in [2.24, 2.45) is 5.92 Å². The molecule has 2 saturated heterocycles. The molecular weight excluding hydrogens is 207 g/mol. The molecule has 2 aliphatic rings. The predicted octanol–water partition coefficient (Wildman–Crippen LogP) is 1.99. The number of alkyl halides is 3. The molecule has 3 unspecified atom stereocenters. The van der Waals surface area contributed by atoms with E-state index in [1.165, 1.54) is 4.90 Å². The lowest BCUT2D eigenvalue weighted by molar-refractivity contribution is -0.161. The summed E-state index contributed by atoms with van der Waals surface area (Å²) in [4.78, 5) is 12.9. The second kappa shape index (κ2) is 3.47. The number of hydrogen-bond donors (Lipinski definition) is 0. The van der Waals surface area contributed by atoms with E-state index in [4.69, 9.17) is 0 Å². The van der Waals surface area contributed by atoms with Gasteiger partial charge in [0.15, 0.2) is 0 Å². The van der Waals surface area contributed by atoms with Crippen LogP contribution in [0.15, 0.2) is 0 Å². The molecule has 2 aliphatic heterocycles. The van der Waals surface area contributed by atoms with Crippen LogP contribution in [0.3, 0.4) is 0 Å². The van der Waals surface area contributed by atoms with Crippen LogP contribution in [-0.2, 0) is 4.79 Å². The van der Waals surface area contributed by atoms with Crippen LogP contribution in [-0.4, -0.2) is 35.5 Å². The van der Waals surface area contributed by atoms with Gasteiger partial charge >= 0.3 is 6.18 Å². The van der Waals surface area contributed by atoms with Crippen molar-refractivity contribution in [1.82, 2.24) is 4.90 Å². The van der Waals surface area contributed by atoms with E-state index in [1.807, 2.05) is 0 Å². The molecule has 0 aromatic carbocycles. The van der Waals surface area contributed by atoms with Crippen LogP contribution in [0.25, 0.3) is 0 Å². The molecule has 2 fully saturated rings. The highest BCUT2D eigenvalue weighted by atomic mass is 19.4. The first-order valence-corrected chi connectivity index (χ1v) is 5.23. The molecule has 86 valence electrons. The number of hydrogen-bond acceptors (Lipinski definition) is 2. The van der Waals surface area contributed by atoms with Crippen LogP contribution in [0.2, 0.25) is 0 Å². The largest absolute Gasteiger partial charge is 0.401 e. The van der Waals surface area contributed by atoms with Gasteiger partial charge in [0.05, 0.1) is 6.54 Å². The monoisotopic (exact) mass is 221 g/mol. The molecule has 0 aromatic rings. The minimum absolute atomic E-state index is 0.126. The average molecular weight is 221 g/mol. The standard InChI is InChI=1S/C10H14F3NO/c1-6-8-3-2-7(4-9(6)15)14(8)5-10(11,12)13/h6-8H,2-5H2,1H3. The summed E-state index contributed by atoms with van der Waals surface area (Å²) >= 11 is 0. The van der Waals surface area contributed by atoms with Gasteiger partial charge in [0, 0.05) is 24.4 Å². The maximum Gasteiger partial charge on any atom is 0.401 e. The lowest BCUT2D eigenvalue weighted by atomic mass is 9.90. The summed E-state index contributed by atoms with van der Waals surface area (Å²) in [5.74, 6) is -0.105. The fraction of sp³-hybridized carbons (Fsp3) is 0.900. The number of carbonyl (C=O) groups excluding carboxylic acids is 1. The van der Waals surface area contributed by atoms with E-state index in [0.717, 1.165) is 12.8 Å². The lowest BCUT2D eigenvalue weighted by Crippen LogP contribution is -2.51. The molecular formula is C10H14F3NO. The van der Waals surface area contributed by atoms with E-state index < -0.39 is 12.7 Å². The first kappa shape index (κ1) is 10.9. The lowest BCUT2D eigenvalue weighted by Gasteiger charge is -2.37. The highest BCUT2D eigenvalue weighted by Crippen LogP contribution is 2.38. The zero-order chi connectivity index (χ0) is 11.2. The highest BCUT2D eigenvalue weighted by Gasteiger charge is 2.48. The minimum atomic E-state index is -4.15. The number of carbonyl (C=O) groups is 1. The molecule has 0 spiro atoms. The number of rotatable bonds is 1. The Morgan fingerprint density at radius 2 is 2.07 bits per heavy atom. The smallest absolute Gasteiger partial charge is 0.299 e. The van der Waals surface area contributed by atoms with Crippen LogP contribution < -0.4 is 0 Å². The second-order valence-electron chi connectivity index (χ2n) is 4.55. The Morgan fingerprint density at radius 1 is 1.40 bits per heavy atom. The number of halogens is 3. The number of piperidine rings is 1. The molecule has 0 saturated carbocycles. The molecule has 2 nitrogen and oxygen atoms in total. The molecule has 0 amide bonds. The normalized spacial score (nSPS) is 37.3. The van der Waals surface area contributed by atoms with Crippen molar-refractivity contribution in [3.63, 3.8) is 0 Å². The summed E-state index contributed by atoms with van der Waals surface area (Å²) in [5.41, 5.74) is 0. The van der Waals surface area contributed by atoms with E-state index in [0.29, 0.717) is 6.42 Å². The van der Waals surface area contributed by atoms with Crippen LogP contribution in [0.4, 0.5) is 13.2 Å². The number of ketones is 1. The summed E-state index contributed by atoms with van der Waals surface area (Å²) in [6.45, 7) is 0.887. The second-order valence-corrected chi connectivity index (χ2v) is 4.55. The predicted molar refractivity (Wildman–Crippen MR) is 48.4 cm³/mol. The summed E-state index contributed by atoms with van der Waals surface area (Å²) in [5, 5.41) is 0. The van der Waals surface area contributed by atoms with Gasteiger partial charge in [0.25, 0.3) is 0 Å². The van der Waals surface area contributed by atoms with Crippen molar-refractivity contribution >= 4 is 5.78 Å². The van der Waals surface area contributed by atoms with Crippen molar-refractivity contribution < 1.29 is 18.0 Å². The third-order valence-corrected chi connectivity index (χ3v) is 3.57. The third-order valence-electron chi connectivity index (χ3n) is 3.57. The van der Waals surface area contributed by atoms with Crippen molar-refractivity contribution in [2.75, 3.05) is 6.54 Å². The van der Waals surface area contributed by atoms with Gasteiger partial charge < -0.3 is 0 Å². The molecule has 2 rings (SSSR count). The maximum atomic E-state index is 12.3. The summed E-state index contributed by atoms with van der Waals surface area (Å²) < 4.78 is 36.9. The first-order chi connectivity index (χ1) is 6.88. The molecule has 2 heterocycles. The Morgan fingerprint density at radius 3 is 2.67 bits per heavy atom. The van der Waals surface area contributed by atoms with Gasteiger partial charge in [-0.1, -0.05) is 6.92 Å². The summed E-state index contributed by atoms with van der Waals surface area (Å²) in [6.07, 6.45) is -2.39. The van der Waals surface area contributed by atoms with E-state index in [2.05, 4.69) is 0 Å². The van der Waals surface area contributed by atoms with Crippen molar-refractivity contribution in [3.05, 3.63) is 0 Å². The van der Waals surface area contributed by atoms with E-state index >= 15 is 0 Å². The molecule has 2 bridgehead atoms. The Labute approximate surface area is 86.4 Å². The van der Waals surface area contributed by atoms with E-state index in [-0.39, 0.29) is 23.8 Å². The fourth-order valence-electron chi connectivity index (χ4n) is 2.81. The Bertz CT molecular complexity index is 276. The molecule has 15 heavy (non-hydrogen) atoms. The summed E-state index contributed by atoms with van der Waals surface area (Å²) in [6, 6.07) is -0.349. The van der Waals surface area contributed by atoms with Crippen LogP contribution >= 0.6 is 0 Å². The Balaban J connectivity index is 2.11. The van der Waals surface area contributed by atoms with E-state index in [9.17, 15) is 18.0 Å². The molecule has 5 heteroatoms. The van der Waals surface area contributed by atoms with Gasteiger partial charge in [0.1, 0.15) is 5.78 Å². The minimum Gasteiger partial charge on any atom is -0.299 e. The zero-order valence-corrected chi connectivity index (χ0v) is 8.55. The fourth-order valence-corrected chi connectivity index (χ4v) is 2.81. The highest BCUT2D eigenvalue weighted by molar-refractivity contribution is 5.83. The third kappa shape index (κ3) is 2.02. The molecule has 0 aliphatic carbocycles. The van der Waals surface area contributed by atoms with Gasteiger partial charge in [-0.15, -0.1) is 0 Å². The Hall–Kier alpha value is -0.580. The topological polar surface area (TPSA) is 20.3 Å². The number of Topliss-reactive ketones (excluding diaryl/α,β-unsaturated/α-hetero) is 1.